The molecule has 1 aliphatic rings. The van der Waals surface area contributed by atoms with Crippen molar-refractivity contribution in [3.63, 3.8) is 0 Å². The normalized spacial score (nSPS) is 14.9. The summed E-state index contributed by atoms with van der Waals surface area (Å²) in [5.74, 6) is -0.295. The molecule has 0 saturated carbocycles. The Labute approximate surface area is 285 Å². The number of quaternary nitrogens is 1. The quantitative estimate of drug-likeness (QED) is 0.0696. The van der Waals surface area contributed by atoms with Crippen molar-refractivity contribution in [2.45, 2.75) is 51.8 Å². The fourth-order valence-electron chi connectivity index (χ4n) is 6.34. The molecule has 50 heavy (non-hydrogen) atoms. The van der Waals surface area contributed by atoms with Crippen LogP contribution in [0.2, 0.25) is 0 Å². The van der Waals surface area contributed by atoms with Crippen LogP contribution in [0.1, 0.15) is 47.8 Å². The molecule has 4 N–H and O–H groups in total. The molecule has 0 radical (unpaired) electrons. The van der Waals surface area contributed by atoms with Gasteiger partial charge in [-0.05, 0) is 49.4 Å². The number of imidazole rings is 1. The van der Waals surface area contributed by atoms with Crippen LogP contribution in [0.4, 0.5) is 33.5 Å². The van der Waals surface area contributed by atoms with Crippen LogP contribution >= 0.6 is 0 Å². The number of anilines is 2. The second kappa shape index (κ2) is 15.5. The molecule has 4 heterocycles. The SMILES string of the molecule is CCc1cc(Nc2nccn3c(-c4cn(CC(F)F)nc4C(F)(F)F)cnc23)ccc1C(=O)NCCCCC[N+](C)(CC(=O)O)CC1CNC1. The zero-order chi connectivity index (χ0) is 36.1. The number of carbonyl (C=O) groups excluding carboxylic acids is 1. The Kier molecular flexibility index (Phi) is 11.4. The summed E-state index contributed by atoms with van der Waals surface area (Å²) in [4.78, 5) is 33.1. The molecular weight excluding hydrogens is 665 g/mol. The van der Waals surface area contributed by atoms with E-state index in [2.05, 4.69) is 31.0 Å². The monoisotopic (exact) mass is 706 g/mol. The van der Waals surface area contributed by atoms with Crippen LogP contribution in [0, 0.1) is 5.92 Å². The summed E-state index contributed by atoms with van der Waals surface area (Å²) in [6.45, 7) is 4.92. The number of rotatable bonds is 17. The number of carbonyl (C=O) groups is 2. The summed E-state index contributed by atoms with van der Waals surface area (Å²) in [6.07, 6.45) is 0.144. The summed E-state index contributed by atoms with van der Waals surface area (Å²) in [5, 5.41) is 22.1. The van der Waals surface area contributed by atoms with Gasteiger partial charge in [-0.1, -0.05) is 6.92 Å². The summed E-state index contributed by atoms with van der Waals surface area (Å²) in [6, 6.07) is 5.17. The van der Waals surface area contributed by atoms with Gasteiger partial charge in [0.15, 0.2) is 23.7 Å². The highest BCUT2D eigenvalue weighted by Gasteiger charge is 2.38. The molecule has 12 nitrogen and oxygen atoms in total. The number of alkyl halides is 5. The van der Waals surface area contributed by atoms with Gasteiger partial charge in [0.2, 0.25) is 0 Å². The Hall–Kier alpha value is -4.64. The number of aliphatic carboxylic acids is 1. The van der Waals surface area contributed by atoms with Gasteiger partial charge < -0.3 is 25.5 Å². The second-order valence-electron chi connectivity index (χ2n) is 12.9. The predicted molar refractivity (Wildman–Crippen MR) is 175 cm³/mol. The standard InChI is InChI=1S/C33H40F5N9O3/c1-3-22-13-23(7-8-24(22)32(50)41-9-5-4-6-12-47(2,20-28(48)49)19-21-14-39-15-21)43-30-31-42-16-26(46(31)11-10-40-30)25-17-45(18-27(34)35)44-29(25)33(36,37)38/h7-8,10-11,13,16-17,21,27,39H,3-6,9,12,14-15,18-20H2,1-2H3,(H2-,40,41,43,48,49,50)/p+1. The van der Waals surface area contributed by atoms with Crippen molar-refractivity contribution in [3.8, 4) is 11.3 Å². The minimum absolute atomic E-state index is 0.000816. The molecule has 1 aliphatic heterocycles. The average molecular weight is 707 g/mol. The fraction of sp³-hybridized carbons (Fsp3) is 0.485. The van der Waals surface area contributed by atoms with Gasteiger partial charge in [0.05, 0.1) is 37.6 Å². The number of carboxylic acid groups (broad SMARTS) is 1. The molecule has 1 unspecified atom stereocenters. The van der Waals surface area contributed by atoms with E-state index in [0.717, 1.165) is 57.2 Å². The predicted octanol–water partition coefficient (Wildman–Crippen LogP) is 4.83. The summed E-state index contributed by atoms with van der Waals surface area (Å²) < 4.78 is 69.7. The van der Waals surface area contributed by atoms with Crippen molar-refractivity contribution >= 4 is 29.0 Å². The molecule has 270 valence electrons. The van der Waals surface area contributed by atoms with Gasteiger partial charge in [0.25, 0.3) is 12.3 Å². The number of hydrogen-bond donors (Lipinski definition) is 4. The topological polar surface area (TPSA) is 138 Å². The van der Waals surface area contributed by atoms with Crippen molar-refractivity contribution in [3.05, 3.63) is 59.8 Å². The Morgan fingerprint density at radius 1 is 1.16 bits per heavy atom. The third kappa shape index (κ3) is 8.93. The van der Waals surface area contributed by atoms with E-state index in [9.17, 15) is 36.6 Å². The first-order chi connectivity index (χ1) is 23.8. The van der Waals surface area contributed by atoms with E-state index in [4.69, 9.17) is 0 Å². The van der Waals surface area contributed by atoms with Crippen LogP contribution in [0.5, 0.6) is 0 Å². The molecule has 0 bridgehead atoms. The Morgan fingerprint density at radius 2 is 1.94 bits per heavy atom. The molecule has 5 rings (SSSR count). The molecule has 1 saturated heterocycles. The van der Waals surface area contributed by atoms with Gasteiger partial charge in [0, 0.05) is 55.4 Å². The van der Waals surface area contributed by atoms with Crippen molar-refractivity contribution in [2.75, 3.05) is 51.6 Å². The molecule has 0 aliphatic carbocycles. The third-order valence-corrected chi connectivity index (χ3v) is 8.80. The number of hydrogen-bond acceptors (Lipinski definition) is 7. The lowest BCUT2D eigenvalue weighted by Crippen LogP contribution is -2.57. The second-order valence-corrected chi connectivity index (χ2v) is 12.9. The highest BCUT2D eigenvalue weighted by Crippen LogP contribution is 2.37. The van der Waals surface area contributed by atoms with Crippen molar-refractivity contribution < 1.29 is 41.1 Å². The summed E-state index contributed by atoms with van der Waals surface area (Å²) in [7, 11) is 1.99. The van der Waals surface area contributed by atoms with Crippen LogP contribution in [-0.2, 0) is 23.9 Å². The van der Waals surface area contributed by atoms with E-state index >= 15 is 0 Å². The number of halogens is 5. The number of aryl methyl sites for hydroxylation is 1. The lowest BCUT2D eigenvalue weighted by Gasteiger charge is -2.39. The highest BCUT2D eigenvalue weighted by molar-refractivity contribution is 5.96. The minimum atomic E-state index is -4.89. The zero-order valence-electron chi connectivity index (χ0n) is 27.8. The lowest BCUT2D eigenvalue weighted by atomic mass is 10.0. The molecule has 3 aromatic heterocycles. The molecule has 4 aromatic rings. The van der Waals surface area contributed by atoms with Gasteiger partial charge in [0.1, 0.15) is 6.54 Å². The molecule has 1 amide bonds. The molecular formula is C33H41F5N9O3+. The van der Waals surface area contributed by atoms with Crippen LogP contribution in [-0.4, -0.2) is 98.4 Å². The van der Waals surface area contributed by atoms with E-state index < -0.39 is 36.4 Å². The summed E-state index contributed by atoms with van der Waals surface area (Å²) >= 11 is 0. The Bertz CT molecular complexity index is 1800. The number of nitrogens with zero attached hydrogens (tertiary/aromatic N) is 6. The average Bonchev–Trinajstić information content (AvgIpc) is 3.65. The molecule has 1 fully saturated rings. The maximum atomic E-state index is 13.8. The number of fused-ring (bicyclic) bond motifs is 1. The van der Waals surface area contributed by atoms with Crippen LogP contribution in [0.3, 0.4) is 0 Å². The number of nitrogens with one attached hydrogen (secondary N) is 3. The minimum Gasteiger partial charge on any atom is -0.477 e. The maximum Gasteiger partial charge on any atom is 0.435 e. The number of unbranched alkanes of at least 4 members (excludes halogenated alkanes) is 2. The van der Waals surface area contributed by atoms with E-state index in [0.29, 0.717) is 39.3 Å². The molecule has 17 heteroatoms. The van der Waals surface area contributed by atoms with E-state index in [1.165, 1.54) is 23.0 Å². The number of aromatic nitrogens is 5. The van der Waals surface area contributed by atoms with Crippen LogP contribution < -0.4 is 16.0 Å². The van der Waals surface area contributed by atoms with Gasteiger partial charge in [-0.3, -0.25) is 13.9 Å². The number of carboxylic acids is 1. The fourth-order valence-corrected chi connectivity index (χ4v) is 6.34. The Balaban J connectivity index is 1.21. The van der Waals surface area contributed by atoms with Crippen molar-refractivity contribution in [1.82, 2.24) is 34.8 Å². The Morgan fingerprint density at radius 3 is 2.60 bits per heavy atom. The van der Waals surface area contributed by atoms with E-state index in [-0.39, 0.29) is 29.6 Å². The molecule has 1 atom stereocenters. The van der Waals surface area contributed by atoms with Gasteiger partial charge in [-0.15, -0.1) is 0 Å². The maximum absolute atomic E-state index is 13.8. The van der Waals surface area contributed by atoms with E-state index in [1.54, 1.807) is 18.2 Å². The smallest absolute Gasteiger partial charge is 0.435 e. The van der Waals surface area contributed by atoms with Crippen LogP contribution in [0.25, 0.3) is 16.9 Å². The van der Waals surface area contributed by atoms with Crippen LogP contribution in [0.15, 0.2) is 43.0 Å². The van der Waals surface area contributed by atoms with Crippen molar-refractivity contribution in [2.24, 2.45) is 5.92 Å². The summed E-state index contributed by atoms with van der Waals surface area (Å²) in [5.41, 5.74) is 0.333. The van der Waals surface area contributed by atoms with Gasteiger partial charge in [-0.2, -0.15) is 18.3 Å². The molecule has 0 spiro atoms. The van der Waals surface area contributed by atoms with E-state index in [1.807, 2.05) is 14.0 Å². The zero-order valence-corrected chi connectivity index (χ0v) is 27.8. The molecule has 1 aromatic carbocycles. The first kappa shape index (κ1) is 36.6. The number of likely N-dealkylation sites (N-methyl/N-ethyl adjacent to an activating group) is 1. The van der Waals surface area contributed by atoms with Gasteiger partial charge in [-0.25, -0.2) is 23.5 Å². The number of amides is 1. The number of benzene rings is 1. The lowest BCUT2D eigenvalue weighted by molar-refractivity contribution is -0.906. The largest absolute Gasteiger partial charge is 0.477 e. The first-order valence-corrected chi connectivity index (χ1v) is 16.5. The van der Waals surface area contributed by atoms with Crippen molar-refractivity contribution in [1.29, 1.82) is 0 Å². The van der Waals surface area contributed by atoms with Gasteiger partial charge >= 0.3 is 12.1 Å². The third-order valence-electron chi connectivity index (χ3n) is 8.80. The highest BCUT2D eigenvalue weighted by atomic mass is 19.4. The first-order valence-electron chi connectivity index (χ1n) is 16.5.